The van der Waals surface area contributed by atoms with E-state index in [4.69, 9.17) is 5.73 Å². The first kappa shape index (κ1) is 13.5. The summed E-state index contributed by atoms with van der Waals surface area (Å²) < 4.78 is 0. The number of nitrogens with two attached hydrogens (primary N) is 1. The van der Waals surface area contributed by atoms with Gasteiger partial charge in [-0.05, 0) is 31.6 Å². The molecule has 3 unspecified atom stereocenters. The number of likely N-dealkylation sites (tertiary alicyclic amines) is 1. The first-order valence-corrected chi connectivity index (χ1v) is 6.53. The zero-order valence-corrected chi connectivity index (χ0v) is 11.1. The predicted molar refractivity (Wildman–Crippen MR) is 67.0 cm³/mol. The van der Waals surface area contributed by atoms with Crippen molar-refractivity contribution in [2.75, 3.05) is 6.54 Å². The lowest BCUT2D eigenvalue weighted by Gasteiger charge is -2.42. The molecule has 1 rings (SSSR count). The van der Waals surface area contributed by atoms with Crippen LogP contribution in [0.1, 0.15) is 47.0 Å². The van der Waals surface area contributed by atoms with Crippen LogP contribution in [0.2, 0.25) is 0 Å². The van der Waals surface area contributed by atoms with Crippen LogP contribution in [-0.2, 0) is 4.79 Å². The number of hydrogen-bond acceptors (Lipinski definition) is 2. The number of carbonyl (C=O) groups is 1. The third-order valence-corrected chi connectivity index (χ3v) is 3.80. The van der Waals surface area contributed by atoms with E-state index in [0.717, 1.165) is 19.4 Å². The van der Waals surface area contributed by atoms with Gasteiger partial charge >= 0.3 is 0 Å². The van der Waals surface area contributed by atoms with Crippen molar-refractivity contribution in [3.05, 3.63) is 0 Å². The Morgan fingerprint density at radius 3 is 2.62 bits per heavy atom. The van der Waals surface area contributed by atoms with Crippen LogP contribution in [-0.4, -0.2) is 29.4 Å². The zero-order chi connectivity index (χ0) is 12.3. The summed E-state index contributed by atoms with van der Waals surface area (Å²) in [5.41, 5.74) is 5.92. The van der Waals surface area contributed by atoms with E-state index >= 15 is 0 Å². The molecule has 2 N–H and O–H groups in total. The van der Waals surface area contributed by atoms with Crippen molar-refractivity contribution in [2.45, 2.75) is 59.0 Å². The Bertz CT molecular complexity index is 242. The smallest absolute Gasteiger partial charge is 0.239 e. The molecule has 3 heteroatoms. The van der Waals surface area contributed by atoms with Crippen LogP contribution in [0, 0.1) is 11.8 Å². The first-order chi connectivity index (χ1) is 7.47. The number of carbonyl (C=O) groups excluding carboxylic acids is 1. The van der Waals surface area contributed by atoms with Crippen molar-refractivity contribution in [1.29, 1.82) is 0 Å². The monoisotopic (exact) mass is 226 g/mol. The zero-order valence-electron chi connectivity index (χ0n) is 11.1. The number of rotatable bonds is 3. The van der Waals surface area contributed by atoms with Gasteiger partial charge in [0.15, 0.2) is 0 Å². The molecule has 0 spiro atoms. The largest absolute Gasteiger partial charge is 0.338 e. The minimum atomic E-state index is -0.301. The molecule has 0 aromatic rings. The maximum atomic E-state index is 12.2. The Hall–Kier alpha value is -0.570. The molecule has 4 atom stereocenters. The maximum Gasteiger partial charge on any atom is 0.239 e. The summed E-state index contributed by atoms with van der Waals surface area (Å²) in [4.78, 5) is 14.2. The average molecular weight is 226 g/mol. The van der Waals surface area contributed by atoms with Gasteiger partial charge in [0.05, 0.1) is 6.04 Å². The highest BCUT2D eigenvalue weighted by Gasteiger charge is 2.33. The van der Waals surface area contributed by atoms with Gasteiger partial charge in [0.25, 0.3) is 0 Å². The Kier molecular flexibility index (Phi) is 4.78. The van der Waals surface area contributed by atoms with E-state index in [-0.39, 0.29) is 11.9 Å². The average Bonchev–Trinajstić information content (AvgIpc) is 2.22. The van der Waals surface area contributed by atoms with E-state index in [1.165, 1.54) is 6.42 Å². The number of amides is 1. The van der Waals surface area contributed by atoms with Gasteiger partial charge in [0.1, 0.15) is 0 Å². The van der Waals surface area contributed by atoms with E-state index in [9.17, 15) is 4.79 Å². The summed E-state index contributed by atoms with van der Waals surface area (Å²) >= 11 is 0. The lowest BCUT2D eigenvalue weighted by Crippen LogP contribution is -2.54. The molecule has 0 bridgehead atoms. The highest BCUT2D eigenvalue weighted by Crippen LogP contribution is 2.27. The molecule has 0 saturated carbocycles. The van der Waals surface area contributed by atoms with Crippen molar-refractivity contribution in [3.63, 3.8) is 0 Å². The fraction of sp³-hybridized carbons (Fsp3) is 0.923. The van der Waals surface area contributed by atoms with Crippen LogP contribution in [0.3, 0.4) is 0 Å². The summed E-state index contributed by atoms with van der Waals surface area (Å²) in [5, 5.41) is 0. The molecular formula is C13H26N2O. The van der Waals surface area contributed by atoms with Crippen molar-refractivity contribution in [1.82, 2.24) is 4.90 Å². The standard InChI is InChI=1S/C13H26N2O/c1-5-6-12(14)13(16)15-8-9(2)7-10(3)11(15)4/h9-12H,5-8,14H2,1-4H3/t9?,10?,11?,12-/m0/s1. The third kappa shape index (κ3) is 2.97. The molecule has 1 fully saturated rings. The van der Waals surface area contributed by atoms with Crippen LogP contribution >= 0.6 is 0 Å². The normalized spacial score (nSPS) is 32.6. The lowest BCUT2D eigenvalue weighted by molar-refractivity contribution is -0.138. The Balaban J connectivity index is 2.66. The van der Waals surface area contributed by atoms with Gasteiger partial charge in [-0.2, -0.15) is 0 Å². The molecular weight excluding hydrogens is 200 g/mol. The van der Waals surface area contributed by atoms with Crippen LogP contribution in [0.5, 0.6) is 0 Å². The van der Waals surface area contributed by atoms with Gasteiger partial charge in [0.2, 0.25) is 5.91 Å². The number of nitrogens with zero attached hydrogens (tertiary/aromatic N) is 1. The second kappa shape index (κ2) is 5.67. The van der Waals surface area contributed by atoms with Gasteiger partial charge < -0.3 is 10.6 Å². The SMILES string of the molecule is CCC[C@H](N)C(=O)N1CC(C)CC(C)C1C. The summed E-state index contributed by atoms with van der Waals surface area (Å²) in [7, 11) is 0. The summed E-state index contributed by atoms with van der Waals surface area (Å²) in [6.07, 6.45) is 2.99. The molecule has 1 amide bonds. The molecule has 94 valence electrons. The Morgan fingerprint density at radius 1 is 1.44 bits per heavy atom. The van der Waals surface area contributed by atoms with Gasteiger partial charge in [-0.15, -0.1) is 0 Å². The fourth-order valence-corrected chi connectivity index (χ4v) is 2.65. The molecule has 1 aliphatic rings. The predicted octanol–water partition coefficient (Wildman–Crippen LogP) is 2.01. The van der Waals surface area contributed by atoms with Crippen molar-refractivity contribution >= 4 is 5.91 Å². The van der Waals surface area contributed by atoms with Gasteiger partial charge in [-0.3, -0.25) is 4.79 Å². The molecule has 0 aliphatic carbocycles. The van der Waals surface area contributed by atoms with Gasteiger partial charge in [0, 0.05) is 12.6 Å². The van der Waals surface area contributed by atoms with Crippen molar-refractivity contribution in [3.8, 4) is 0 Å². The van der Waals surface area contributed by atoms with Crippen LogP contribution in [0.25, 0.3) is 0 Å². The van der Waals surface area contributed by atoms with E-state index in [1.54, 1.807) is 0 Å². The molecule has 16 heavy (non-hydrogen) atoms. The minimum absolute atomic E-state index is 0.146. The first-order valence-electron chi connectivity index (χ1n) is 6.53. The van der Waals surface area contributed by atoms with Crippen molar-refractivity contribution < 1.29 is 4.79 Å². The topological polar surface area (TPSA) is 46.3 Å². The third-order valence-electron chi connectivity index (χ3n) is 3.80. The van der Waals surface area contributed by atoms with E-state index in [1.807, 2.05) is 4.90 Å². The maximum absolute atomic E-state index is 12.2. The lowest BCUT2D eigenvalue weighted by atomic mass is 9.85. The Labute approximate surface area is 99.4 Å². The molecule has 1 saturated heterocycles. The van der Waals surface area contributed by atoms with Crippen LogP contribution in [0.15, 0.2) is 0 Å². The molecule has 0 radical (unpaired) electrons. The van der Waals surface area contributed by atoms with E-state index in [2.05, 4.69) is 27.7 Å². The molecule has 1 heterocycles. The van der Waals surface area contributed by atoms with Crippen LogP contribution < -0.4 is 5.73 Å². The van der Waals surface area contributed by atoms with Gasteiger partial charge in [-0.25, -0.2) is 0 Å². The minimum Gasteiger partial charge on any atom is -0.338 e. The number of hydrogen-bond donors (Lipinski definition) is 1. The second-order valence-electron chi connectivity index (χ2n) is 5.44. The van der Waals surface area contributed by atoms with Crippen molar-refractivity contribution in [2.24, 2.45) is 17.6 Å². The fourth-order valence-electron chi connectivity index (χ4n) is 2.65. The second-order valence-corrected chi connectivity index (χ2v) is 5.44. The molecule has 0 aromatic carbocycles. The summed E-state index contributed by atoms with van der Waals surface area (Å²) in [6.45, 7) is 9.53. The highest BCUT2D eigenvalue weighted by atomic mass is 16.2. The molecule has 0 aromatic heterocycles. The summed E-state index contributed by atoms with van der Waals surface area (Å²) in [6, 6.07) is 0.0385. The quantitative estimate of drug-likeness (QED) is 0.800. The van der Waals surface area contributed by atoms with E-state index in [0.29, 0.717) is 17.9 Å². The van der Waals surface area contributed by atoms with Gasteiger partial charge in [-0.1, -0.05) is 27.2 Å². The summed E-state index contributed by atoms with van der Waals surface area (Å²) in [5.74, 6) is 1.33. The van der Waals surface area contributed by atoms with E-state index < -0.39 is 0 Å². The Morgan fingerprint density at radius 2 is 2.06 bits per heavy atom. The van der Waals surface area contributed by atoms with Crippen LogP contribution in [0.4, 0.5) is 0 Å². The highest BCUT2D eigenvalue weighted by molar-refractivity contribution is 5.82. The molecule has 3 nitrogen and oxygen atoms in total. The molecule has 1 aliphatic heterocycles. The number of piperidine rings is 1.